The number of rotatable bonds is 4. The Balaban J connectivity index is 1.70. The van der Waals surface area contributed by atoms with Gasteiger partial charge in [-0.3, -0.25) is 4.79 Å². The number of hydrogen-bond donors (Lipinski definition) is 2. The van der Waals surface area contributed by atoms with Gasteiger partial charge in [-0.1, -0.05) is 12.1 Å². The van der Waals surface area contributed by atoms with Crippen molar-refractivity contribution in [1.82, 2.24) is 24.8 Å². The summed E-state index contributed by atoms with van der Waals surface area (Å²) < 4.78 is 7.37. The van der Waals surface area contributed by atoms with E-state index in [1.807, 2.05) is 29.0 Å². The number of fused-ring (bicyclic) bond motifs is 1. The molecule has 0 saturated heterocycles. The maximum atomic E-state index is 12.6. The summed E-state index contributed by atoms with van der Waals surface area (Å²) in [7, 11) is 1.66. The van der Waals surface area contributed by atoms with Gasteiger partial charge in [-0.25, -0.2) is 9.97 Å². The summed E-state index contributed by atoms with van der Waals surface area (Å²) in [6.07, 6.45) is 4.37. The Labute approximate surface area is 157 Å². The normalized spacial score (nSPS) is 16.7. The summed E-state index contributed by atoms with van der Waals surface area (Å²) in [5, 5.41) is 2.99. The van der Waals surface area contributed by atoms with E-state index in [1.165, 1.54) is 0 Å². The highest BCUT2D eigenvalue weighted by Crippen LogP contribution is 2.28. The van der Waals surface area contributed by atoms with Crippen LogP contribution in [-0.4, -0.2) is 39.1 Å². The van der Waals surface area contributed by atoms with Crippen molar-refractivity contribution in [3.8, 4) is 17.4 Å². The molecule has 1 amide bonds. The molecule has 1 aromatic carbocycles. The molecule has 1 aliphatic heterocycles. The molecule has 7 heteroatoms. The smallest absolute Gasteiger partial charge is 0.271 e. The first-order valence-corrected chi connectivity index (χ1v) is 9.11. The zero-order valence-electron chi connectivity index (χ0n) is 15.7. The van der Waals surface area contributed by atoms with Crippen LogP contribution in [0.25, 0.3) is 11.6 Å². The number of aromatic nitrogens is 4. The minimum Gasteiger partial charge on any atom is -0.497 e. The molecule has 1 aliphatic rings. The molecule has 2 aromatic heterocycles. The van der Waals surface area contributed by atoms with Crippen LogP contribution in [0.15, 0.2) is 36.7 Å². The van der Waals surface area contributed by atoms with Gasteiger partial charge >= 0.3 is 0 Å². The van der Waals surface area contributed by atoms with Crippen molar-refractivity contribution >= 4 is 5.91 Å². The number of aromatic amines is 1. The van der Waals surface area contributed by atoms with Crippen LogP contribution in [0.2, 0.25) is 0 Å². The van der Waals surface area contributed by atoms with Gasteiger partial charge in [0.05, 0.1) is 7.11 Å². The van der Waals surface area contributed by atoms with Gasteiger partial charge in [-0.05, 0) is 38.0 Å². The third-order valence-electron chi connectivity index (χ3n) is 4.96. The van der Waals surface area contributed by atoms with Crippen molar-refractivity contribution in [3.05, 3.63) is 53.6 Å². The number of imidazole rings is 2. The van der Waals surface area contributed by atoms with Crippen LogP contribution in [0, 0.1) is 0 Å². The van der Waals surface area contributed by atoms with Crippen LogP contribution in [-0.2, 0) is 6.42 Å². The first kappa shape index (κ1) is 17.3. The number of methoxy groups -OCH3 is 1. The van der Waals surface area contributed by atoms with Crippen molar-refractivity contribution in [1.29, 1.82) is 0 Å². The van der Waals surface area contributed by atoms with Crippen LogP contribution in [0.4, 0.5) is 0 Å². The number of carbonyl (C=O) groups excluding carboxylic acids is 1. The van der Waals surface area contributed by atoms with Gasteiger partial charge in [0.15, 0.2) is 11.6 Å². The molecule has 0 bridgehead atoms. The quantitative estimate of drug-likeness (QED) is 0.744. The van der Waals surface area contributed by atoms with Crippen LogP contribution in [0.5, 0.6) is 5.75 Å². The van der Waals surface area contributed by atoms with Gasteiger partial charge in [0.25, 0.3) is 5.91 Å². The number of hydrogen-bond acceptors (Lipinski definition) is 4. The van der Waals surface area contributed by atoms with Gasteiger partial charge in [0.2, 0.25) is 0 Å². The van der Waals surface area contributed by atoms with Gasteiger partial charge in [-0.15, -0.1) is 0 Å². The molecule has 2 N–H and O–H groups in total. The van der Waals surface area contributed by atoms with Gasteiger partial charge < -0.3 is 19.6 Å². The van der Waals surface area contributed by atoms with E-state index >= 15 is 0 Å². The average Bonchev–Trinajstić information content (AvgIpc) is 3.29. The summed E-state index contributed by atoms with van der Waals surface area (Å²) in [4.78, 5) is 24.9. The maximum absolute atomic E-state index is 12.6. The second-order valence-corrected chi connectivity index (χ2v) is 7.05. The van der Waals surface area contributed by atoms with Crippen molar-refractivity contribution in [2.75, 3.05) is 13.7 Å². The zero-order valence-corrected chi connectivity index (χ0v) is 15.7. The molecule has 0 aliphatic carbocycles. The molecule has 0 fully saturated rings. The lowest BCUT2D eigenvalue weighted by Crippen LogP contribution is -2.26. The lowest BCUT2D eigenvalue weighted by atomic mass is 9.94. The molecular formula is C20H23N5O2. The van der Waals surface area contributed by atoms with E-state index in [9.17, 15) is 4.79 Å². The number of H-pyrrole nitrogens is 1. The summed E-state index contributed by atoms with van der Waals surface area (Å²) >= 11 is 0. The molecular weight excluding hydrogens is 342 g/mol. The molecule has 3 heterocycles. The maximum Gasteiger partial charge on any atom is 0.271 e. The molecule has 4 rings (SSSR count). The van der Waals surface area contributed by atoms with E-state index < -0.39 is 0 Å². The highest BCUT2D eigenvalue weighted by Gasteiger charge is 2.27. The van der Waals surface area contributed by atoms with Crippen molar-refractivity contribution in [2.24, 2.45) is 0 Å². The number of carbonyl (C=O) groups is 1. The van der Waals surface area contributed by atoms with Crippen LogP contribution >= 0.6 is 0 Å². The van der Waals surface area contributed by atoms with Gasteiger partial charge in [-0.2, -0.15) is 0 Å². The summed E-state index contributed by atoms with van der Waals surface area (Å²) in [6.45, 7) is 4.74. The fourth-order valence-corrected chi connectivity index (χ4v) is 3.51. The second-order valence-electron chi connectivity index (χ2n) is 7.05. The third kappa shape index (κ3) is 3.20. The Morgan fingerprint density at radius 2 is 2.19 bits per heavy atom. The number of nitrogens with one attached hydrogen (secondary N) is 2. The molecule has 1 atom stereocenters. The van der Waals surface area contributed by atoms with E-state index in [0.717, 1.165) is 22.8 Å². The van der Waals surface area contributed by atoms with Crippen molar-refractivity contribution in [3.63, 3.8) is 0 Å². The molecule has 0 unspecified atom stereocenters. The fraction of sp³-hybridized carbons (Fsp3) is 0.350. The lowest BCUT2D eigenvalue weighted by molar-refractivity contribution is 0.0950. The van der Waals surface area contributed by atoms with Crippen molar-refractivity contribution in [2.45, 2.75) is 32.2 Å². The summed E-state index contributed by atoms with van der Waals surface area (Å²) in [5.74, 6) is 2.17. The number of amides is 1. The first-order valence-electron chi connectivity index (χ1n) is 9.11. The standard InChI is InChI=1S/C20H23N5O2/c1-12(2)25-8-7-21-19(25)18-23-16-10-14(11-22-20(26)17(16)24-18)13-5-4-6-15(9-13)27-3/h4-9,12,14H,10-11H2,1-3H3,(H,22,26)(H,23,24)/t14-/m0/s1. The monoisotopic (exact) mass is 365 g/mol. The molecule has 0 spiro atoms. The number of benzene rings is 1. The molecule has 0 saturated carbocycles. The topological polar surface area (TPSA) is 84.8 Å². The van der Waals surface area contributed by atoms with Crippen LogP contribution < -0.4 is 10.1 Å². The SMILES string of the molecule is COc1cccc([C@@H]2CNC(=O)c3nc(-c4nccn4C(C)C)[nH]c3C2)c1. The van der Waals surface area contributed by atoms with Crippen LogP contribution in [0.3, 0.4) is 0 Å². The summed E-state index contributed by atoms with van der Waals surface area (Å²) in [6, 6.07) is 8.23. The minimum absolute atomic E-state index is 0.142. The Morgan fingerprint density at radius 1 is 1.33 bits per heavy atom. The first-order chi connectivity index (χ1) is 13.1. The molecule has 140 valence electrons. The molecule has 27 heavy (non-hydrogen) atoms. The Bertz CT molecular complexity index is 972. The highest BCUT2D eigenvalue weighted by molar-refractivity contribution is 5.94. The Morgan fingerprint density at radius 3 is 2.96 bits per heavy atom. The largest absolute Gasteiger partial charge is 0.497 e. The minimum atomic E-state index is -0.152. The highest BCUT2D eigenvalue weighted by atomic mass is 16.5. The Kier molecular flexibility index (Phi) is 4.43. The van der Waals surface area contributed by atoms with Gasteiger partial charge in [0.1, 0.15) is 11.4 Å². The molecule has 7 nitrogen and oxygen atoms in total. The number of nitrogens with zero attached hydrogens (tertiary/aromatic N) is 3. The summed E-state index contributed by atoms with van der Waals surface area (Å²) in [5.41, 5.74) is 2.42. The average molecular weight is 365 g/mol. The lowest BCUT2D eigenvalue weighted by Gasteiger charge is -2.15. The van der Waals surface area contributed by atoms with E-state index in [-0.39, 0.29) is 17.9 Å². The van der Waals surface area contributed by atoms with E-state index in [4.69, 9.17) is 4.74 Å². The Hall–Kier alpha value is -3.09. The van der Waals surface area contributed by atoms with Crippen molar-refractivity contribution < 1.29 is 9.53 Å². The molecule has 3 aromatic rings. The van der Waals surface area contributed by atoms with Crippen LogP contribution in [0.1, 0.15) is 47.6 Å². The zero-order chi connectivity index (χ0) is 19.0. The predicted octanol–water partition coefficient (Wildman–Crippen LogP) is 2.93. The van der Waals surface area contributed by atoms with E-state index in [1.54, 1.807) is 13.3 Å². The third-order valence-corrected chi connectivity index (χ3v) is 4.96. The van der Waals surface area contributed by atoms with E-state index in [2.05, 4.69) is 40.2 Å². The van der Waals surface area contributed by atoms with Gasteiger partial charge in [0, 0.05) is 36.6 Å². The fourth-order valence-electron chi connectivity index (χ4n) is 3.51. The second kappa shape index (κ2) is 6.90. The number of ether oxygens (including phenoxy) is 1. The van der Waals surface area contributed by atoms with E-state index in [0.29, 0.717) is 24.5 Å². The molecule has 0 radical (unpaired) electrons. The predicted molar refractivity (Wildman–Crippen MR) is 102 cm³/mol.